The molecule has 0 aliphatic carbocycles. The summed E-state index contributed by atoms with van der Waals surface area (Å²) in [6.07, 6.45) is 1.19. The first-order valence-corrected chi connectivity index (χ1v) is 9.46. The van der Waals surface area contributed by atoms with Crippen LogP contribution >= 0.6 is 0 Å². The first kappa shape index (κ1) is 21.9. The summed E-state index contributed by atoms with van der Waals surface area (Å²) in [7, 11) is 0. The first-order chi connectivity index (χ1) is 11.7. The van der Waals surface area contributed by atoms with Crippen LogP contribution in [0.25, 0.3) is 0 Å². The van der Waals surface area contributed by atoms with Crippen molar-refractivity contribution in [2.24, 2.45) is 23.7 Å². The van der Waals surface area contributed by atoms with E-state index in [1.165, 1.54) is 0 Å². The van der Waals surface area contributed by atoms with Gasteiger partial charge in [0, 0.05) is 11.8 Å². The number of hydrogen-bond donors (Lipinski definition) is 2. The Morgan fingerprint density at radius 2 is 1.20 bits per heavy atom. The quantitative estimate of drug-likeness (QED) is 0.752. The van der Waals surface area contributed by atoms with E-state index in [1.54, 1.807) is 13.8 Å². The fourth-order valence-corrected chi connectivity index (χ4v) is 3.70. The van der Waals surface area contributed by atoms with Gasteiger partial charge in [0.05, 0.1) is 24.0 Å². The van der Waals surface area contributed by atoms with Crippen molar-refractivity contribution in [3.8, 4) is 0 Å². The van der Waals surface area contributed by atoms with Gasteiger partial charge in [-0.05, 0) is 40.0 Å². The molecule has 146 valence electrons. The predicted molar refractivity (Wildman–Crippen MR) is 93.6 cm³/mol. The highest BCUT2D eigenvalue weighted by atomic mass is 16.6. The van der Waals surface area contributed by atoms with Crippen molar-refractivity contribution < 1.29 is 29.3 Å². The van der Waals surface area contributed by atoms with Crippen molar-refractivity contribution >= 4 is 11.9 Å². The molecule has 6 nitrogen and oxygen atoms in total. The third-order valence-corrected chi connectivity index (χ3v) is 5.64. The second-order valence-corrected chi connectivity index (χ2v) is 7.23. The highest BCUT2D eigenvalue weighted by Gasteiger charge is 2.41. The molecule has 0 radical (unpaired) electrons. The van der Waals surface area contributed by atoms with Crippen molar-refractivity contribution in [3.05, 3.63) is 0 Å². The number of aliphatic hydroxyl groups is 2. The molecule has 0 aromatic heterocycles. The molecule has 0 saturated carbocycles. The molecule has 2 rings (SSSR count). The van der Waals surface area contributed by atoms with Gasteiger partial charge in [-0.2, -0.15) is 0 Å². The van der Waals surface area contributed by atoms with Crippen LogP contribution in [0.3, 0.4) is 0 Å². The Kier molecular flexibility index (Phi) is 8.35. The molecule has 0 aromatic rings. The van der Waals surface area contributed by atoms with Crippen LogP contribution in [0.15, 0.2) is 0 Å². The number of ether oxygens (including phenoxy) is 2. The van der Waals surface area contributed by atoms with Gasteiger partial charge in [0.25, 0.3) is 0 Å². The number of cyclic esters (lactones) is 2. The molecule has 2 fully saturated rings. The molecule has 2 heterocycles. The molecule has 0 amide bonds. The van der Waals surface area contributed by atoms with Crippen LogP contribution in [0.5, 0.6) is 0 Å². The van der Waals surface area contributed by atoms with Crippen molar-refractivity contribution in [2.75, 3.05) is 0 Å². The third kappa shape index (κ3) is 4.94. The Labute approximate surface area is 150 Å². The largest absolute Gasteiger partial charge is 0.462 e. The van der Waals surface area contributed by atoms with Crippen LogP contribution < -0.4 is 0 Å². The molecular formula is C19H34O6. The Bertz CT molecular complexity index is 449. The summed E-state index contributed by atoms with van der Waals surface area (Å²) in [6.45, 7) is 11.3. The van der Waals surface area contributed by atoms with E-state index in [4.69, 9.17) is 9.47 Å². The summed E-state index contributed by atoms with van der Waals surface area (Å²) >= 11 is 0. The maximum absolute atomic E-state index is 11.3. The van der Waals surface area contributed by atoms with Gasteiger partial charge in [-0.25, -0.2) is 0 Å². The zero-order chi connectivity index (χ0) is 19.3. The van der Waals surface area contributed by atoms with Gasteiger partial charge in [0.2, 0.25) is 0 Å². The number of carbonyl (C=O) groups excluding carboxylic acids is 2. The second-order valence-electron chi connectivity index (χ2n) is 7.23. The molecule has 25 heavy (non-hydrogen) atoms. The van der Waals surface area contributed by atoms with E-state index < -0.39 is 12.2 Å². The lowest BCUT2D eigenvalue weighted by Gasteiger charge is -2.37. The Morgan fingerprint density at radius 3 is 1.64 bits per heavy atom. The SMILES string of the molecule is CC[C@@H]1[C@H](O)C(C)C(=O)O[C@@H]1C.CC[C@@H]1[C@H](O)C(C)C(=O)O[C@@H]1CC. The smallest absolute Gasteiger partial charge is 0.311 e. The second kappa shape index (κ2) is 9.53. The molecule has 2 aliphatic rings. The molecule has 0 aromatic carbocycles. The van der Waals surface area contributed by atoms with Crippen LogP contribution in [0.1, 0.15) is 60.8 Å². The number of rotatable bonds is 3. The summed E-state index contributed by atoms with van der Waals surface area (Å²) in [5.74, 6) is -1.07. The van der Waals surface area contributed by atoms with Crippen molar-refractivity contribution in [3.63, 3.8) is 0 Å². The van der Waals surface area contributed by atoms with Gasteiger partial charge in [-0.3, -0.25) is 9.59 Å². The van der Waals surface area contributed by atoms with Crippen molar-refractivity contribution in [1.29, 1.82) is 0 Å². The summed E-state index contributed by atoms with van der Waals surface area (Å²) in [5, 5.41) is 19.5. The number of hydrogen-bond acceptors (Lipinski definition) is 6. The highest BCUT2D eigenvalue weighted by molar-refractivity contribution is 5.74. The van der Waals surface area contributed by atoms with E-state index in [0.717, 1.165) is 19.3 Å². The minimum Gasteiger partial charge on any atom is -0.462 e. The van der Waals surface area contributed by atoms with E-state index >= 15 is 0 Å². The number of carbonyl (C=O) groups is 2. The van der Waals surface area contributed by atoms with Crippen molar-refractivity contribution in [1.82, 2.24) is 0 Å². The van der Waals surface area contributed by atoms with Crippen LogP contribution in [0.4, 0.5) is 0 Å². The minimum absolute atomic E-state index is 0.0938. The number of esters is 2. The topological polar surface area (TPSA) is 93.1 Å². The molecule has 2 N–H and O–H groups in total. The molecular weight excluding hydrogens is 324 g/mol. The Hall–Kier alpha value is -1.14. The maximum atomic E-state index is 11.3. The summed E-state index contributed by atoms with van der Waals surface area (Å²) in [5.41, 5.74) is 0. The summed E-state index contributed by atoms with van der Waals surface area (Å²) in [4.78, 5) is 22.3. The van der Waals surface area contributed by atoms with Gasteiger partial charge < -0.3 is 19.7 Å². The average molecular weight is 358 g/mol. The highest BCUT2D eigenvalue weighted by Crippen LogP contribution is 2.30. The maximum Gasteiger partial charge on any atom is 0.311 e. The van der Waals surface area contributed by atoms with E-state index in [-0.39, 0.29) is 47.8 Å². The lowest BCUT2D eigenvalue weighted by atomic mass is 9.82. The van der Waals surface area contributed by atoms with Crippen LogP contribution in [-0.4, -0.2) is 46.6 Å². The van der Waals surface area contributed by atoms with Crippen LogP contribution in [-0.2, 0) is 19.1 Å². The monoisotopic (exact) mass is 358 g/mol. The molecule has 6 heteroatoms. The van der Waals surface area contributed by atoms with Crippen LogP contribution in [0.2, 0.25) is 0 Å². The fourth-order valence-electron chi connectivity index (χ4n) is 3.70. The van der Waals surface area contributed by atoms with E-state index in [2.05, 4.69) is 0 Å². The lowest BCUT2D eigenvalue weighted by molar-refractivity contribution is -0.179. The molecule has 2 aliphatic heterocycles. The number of aliphatic hydroxyl groups excluding tert-OH is 2. The van der Waals surface area contributed by atoms with Gasteiger partial charge in [0.15, 0.2) is 0 Å². The van der Waals surface area contributed by atoms with Gasteiger partial charge in [-0.15, -0.1) is 0 Å². The zero-order valence-corrected chi connectivity index (χ0v) is 16.3. The van der Waals surface area contributed by atoms with Gasteiger partial charge in [0.1, 0.15) is 12.2 Å². The predicted octanol–water partition coefficient (Wildman–Crippen LogP) is 2.30. The minimum atomic E-state index is -0.536. The fraction of sp³-hybridized carbons (Fsp3) is 0.895. The molecule has 8 atom stereocenters. The average Bonchev–Trinajstić information content (AvgIpc) is 2.58. The van der Waals surface area contributed by atoms with Gasteiger partial charge in [-0.1, -0.05) is 20.8 Å². The zero-order valence-electron chi connectivity index (χ0n) is 16.3. The molecule has 2 saturated heterocycles. The summed E-state index contributed by atoms with van der Waals surface area (Å²) < 4.78 is 10.3. The Morgan fingerprint density at radius 1 is 0.760 bits per heavy atom. The standard InChI is InChI=1S/C10H18O3.C9H16O3/c1-4-7-8(5-2)13-10(12)6(3)9(7)11;1-4-7-6(3)12-9(11)5(2)8(7)10/h6-9,11H,4-5H2,1-3H3;5-8,10H,4H2,1-3H3/t6?,7-,8+,9+;5?,6-,7+,8-/m01/s1. The van der Waals surface area contributed by atoms with E-state index in [1.807, 2.05) is 27.7 Å². The molecule has 2 unspecified atom stereocenters. The normalized spacial score (nSPS) is 41.3. The third-order valence-electron chi connectivity index (χ3n) is 5.64. The molecule has 0 spiro atoms. The summed E-state index contributed by atoms with van der Waals surface area (Å²) in [6, 6.07) is 0. The molecule has 0 bridgehead atoms. The van der Waals surface area contributed by atoms with Gasteiger partial charge >= 0.3 is 11.9 Å². The van der Waals surface area contributed by atoms with E-state index in [9.17, 15) is 19.8 Å². The Balaban J connectivity index is 0.000000251. The van der Waals surface area contributed by atoms with E-state index in [0.29, 0.717) is 0 Å². The van der Waals surface area contributed by atoms with Crippen LogP contribution in [0, 0.1) is 23.7 Å². The lowest BCUT2D eigenvalue weighted by Crippen LogP contribution is -2.47. The first-order valence-electron chi connectivity index (χ1n) is 9.46. The van der Waals surface area contributed by atoms with Crippen molar-refractivity contribution in [2.45, 2.75) is 85.2 Å².